The minimum Gasteiger partial charge on any atom is -0.313 e. The lowest BCUT2D eigenvalue weighted by atomic mass is 10.3. The van der Waals surface area contributed by atoms with Crippen molar-refractivity contribution in [3.63, 3.8) is 0 Å². The van der Waals surface area contributed by atoms with Gasteiger partial charge in [0.2, 0.25) is 0 Å². The zero-order valence-electron chi connectivity index (χ0n) is 7.30. The van der Waals surface area contributed by atoms with Crippen molar-refractivity contribution in [2.45, 2.75) is 19.4 Å². The average Bonchev–Trinajstić information content (AvgIpc) is 1.86. The molecule has 0 amide bonds. The molecule has 0 spiro atoms. The lowest BCUT2D eigenvalue weighted by Crippen LogP contribution is -2.31. The number of nitrogens with one attached hydrogen (secondary N) is 1. The molecule has 2 nitrogen and oxygen atoms in total. The Hall–Kier alpha value is -0.150. The summed E-state index contributed by atoms with van der Waals surface area (Å²) in [4.78, 5) is 0. The Bertz CT molecular complexity index is 136. The van der Waals surface area contributed by atoms with Crippen LogP contribution in [0, 0.1) is 0 Å². The molecule has 2 atom stereocenters. The van der Waals surface area contributed by atoms with E-state index >= 15 is 0 Å². The predicted molar refractivity (Wildman–Crippen MR) is 51.2 cm³/mol. The van der Waals surface area contributed by atoms with E-state index in [2.05, 4.69) is 11.9 Å². The minimum absolute atomic E-state index is 0.348. The van der Waals surface area contributed by atoms with Gasteiger partial charge < -0.3 is 5.32 Å². The first-order chi connectivity index (χ1) is 5.16. The summed E-state index contributed by atoms with van der Waals surface area (Å²) in [6.45, 7) is 6.60. The van der Waals surface area contributed by atoms with Crippen LogP contribution in [-0.4, -0.2) is 28.8 Å². The van der Waals surface area contributed by atoms with E-state index in [9.17, 15) is 4.21 Å². The Labute approximate surface area is 71.5 Å². The van der Waals surface area contributed by atoms with Gasteiger partial charge in [-0.3, -0.25) is 4.21 Å². The minimum atomic E-state index is -0.689. The Balaban J connectivity index is 3.28. The molecule has 0 radical (unpaired) electrons. The molecule has 0 saturated carbocycles. The maximum atomic E-state index is 10.7. The molecule has 2 unspecified atom stereocenters. The number of hydrogen-bond donors (Lipinski definition) is 1. The van der Waals surface area contributed by atoms with Crippen molar-refractivity contribution in [1.82, 2.24) is 5.32 Å². The van der Waals surface area contributed by atoms with Gasteiger partial charge in [0.25, 0.3) is 0 Å². The summed E-state index contributed by atoms with van der Waals surface area (Å²) >= 11 is 0. The van der Waals surface area contributed by atoms with Gasteiger partial charge in [-0.25, -0.2) is 0 Å². The molecule has 0 bridgehead atoms. The normalized spacial score (nSPS) is 15.8. The molecule has 0 aromatic carbocycles. The molecule has 66 valence electrons. The smallest absolute Gasteiger partial charge is 0.0383 e. The third-order valence-electron chi connectivity index (χ3n) is 1.33. The third-order valence-corrected chi connectivity index (χ3v) is 2.30. The summed E-state index contributed by atoms with van der Waals surface area (Å²) in [6.07, 6.45) is 4.58. The van der Waals surface area contributed by atoms with Crippen molar-refractivity contribution < 1.29 is 4.21 Å². The van der Waals surface area contributed by atoms with E-state index in [4.69, 9.17) is 0 Å². The van der Waals surface area contributed by atoms with Crippen molar-refractivity contribution in [1.29, 1.82) is 0 Å². The molecule has 11 heavy (non-hydrogen) atoms. The molecule has 0 rings (SSSR count). The van der Waals surface area contributed by atoms with Crippen LogP contribution in [0.3, 0.4) is 0 Å². The zero-order valence-corrected chi connectivity index (χ0v) is 8.12. The first kappa shape index (κ1) is 10.8. The van der Waals surface area contributed by atoms with Crippen LogP contribution in [0.25, 0.3) is 0 Å². The quantitative estimate of drug-likeness (QED) is 0.480. The molecule has 3 heteroatoms. The highest BCUT2D eigenvalue weighted by Gasteiger charge is 2.01. The highest BCUT2D eigenvalue weighted by Crippen LogP contribution is 1.86. The molecule has 0 aromatic rings. The average molecular weight is 175 g/mol. The van der Waals surface area contributed by atoms with Crippen LogP contribution < -0.4 is 5.32 Å². The van der Waals surface area contributed by atoms with Gasteiger partial charge in [0.05, 0.1) is 0 Å². The fourth-order valence-electron chi connectivity index (χ4n) is 0.843. The molecular formula is C8H17NOS. The van der Waals surface area contributed by atoms with Crippen LogP contribution in [0.2, 0.25) is 0 Å². The van der Waals surface area contributed by atoms with Crippen LogP contribution in [0.1, 0.15) is 13.3 Å². The van der Waals surface area contributed by atoms with E-state index in [1.807, 2.05) is 13.0 Å². The second-order valence-electron chi connectivity index (χ2n) is 2.67. The van der Waals surface area contributed by atoms with Gasteiger partial charge in [-0.1, -0.05) is 6.08 Å². The monoisotopic (exact) mass is 175 g/mol. The van der Waals surface area contributed by atoms with Crippen molar-refractivity contribution in [2.24, 2.45) is 0 Å². The molecule has 0 saturated heterocycles. The molecule has 0 aromatic heterocycles. The maximum absolute atomic E-state index is 10.7. The van der Waals surface area contributed by atoms with Crippen molar-refractivity contribution in [3.8, 4) is 0 Å². The maximum Gasteiger partial charge on any atom is 0.0383 e. The molecule has 1 N–H and O–H groups in total. The van der Waals surface area contributed by atoms with E-state index in [1.54, 1.807) is 6.26 Å². The SMILES string of the molecule is C=CCCNC(C)CS(C)=O. The van der Waals surface area contributed by atoms with Gasteiger partial charge in [0, 0.05) is 28.9 Å². The highest BCUT2D eigenvalue weighted by atomic mass is 32.2. The summed E-state index contributed by atoms with van der Waals surface area (Å²) in [5, 5.41) is 3.25. The van der Waals surface area contributed by atoms with Crippen LogP contribution >= 0.6 is 0 Å². The Kier molecular flexibility index (Phi) is 6.46. The third kappa shape index (κ3) is 7.75. The van der Waals surface area contributed by atoms with Crippen LogP contribution in [0.4, 0.5) is 0 Å². The molecular weight excluding hydrogens is 158 g/mol. The topological polar surface area (TPSA) is 29.1 Å². The van der Waals surface area contributed by atoms with Crippen LogP contribution in [0.5, 0.6) is 0 Å². The summed E-state index contributed by atoms with van der Waals surface area (Å²) in [6, 6.07) is 0.348. The Morgan fingerprint density at radius 3 is 2.82 bits per heavy atom. The summed E-state index contributed by atoms with van der Waals surface area (Å²) in [7, 11) is -0.689. The van der Waals surface area contributed by atoms with Crippen LogP contribution in [0.15, 0.2) is 12.7 Å². The second kappa shape index (κ2) is 6.55. The fraction of sp³-hybridized carbons (Fsp3) is 0.750. The molecule has 0 heterocycles. The van der Waals surface area contributed by atoms with Gasteiger partial charge in [-0.2, -0.15) is 0 Å². The van der Waals surface area contributed by atoms with Gasteiger partial charge >= 0.3 is 0 Å². The Morgan fingerprint density at radius 2 is 2.36 bits per heavy atom. The fourth-order valence-corrected chi connectivity index (χ4v) is 1.66. The lowest BCUT2D eigenvalue weighted by molar-refractivity contribution is 0.593. The molecule has 0 aliphatic carbocycles. The number of hydrogen-bond acceptors (Lipinski definition) is 2. The molecule has 0 aliphatic heterocycles. The van der Waals surface area contributed by atoms with E-state index in [0.717, 1.165) is 18.7 Å². The van der Waals surface area contributed by atoms with Gasteiger partial charge in [0.15, 0.2) is 0 Å². The first-order valence-electron chi connectivity index (χ1n) is 3.81. The van der Waals surface area contributed by atoms with E-state index < -0.39 is 10.8 Å². The van der Waals surface area contributed by atoms with Gasteiger partial charge in [0.1, 0.15) is 0 Å². The second-order valence-corrected chi connectivity index (χ2v) is 4.15. The Morgan fingerprint density at radius 1 is 1.73 bits per heavy atom. The van der Waals surface area contributed by atoms with Gasteiger partial charge in [-0.15, -0.1) is 6.58 Å². The summed E-state index contributed by atoms with van der Waals surface area (Å²) in [5.41, 5.74) is 0. The predicted octanol–water partition coefficient (Wildman–Crippen LogP) is 0.919. The molecule has 0 fully saturated rings. The van der Waals surface area contributed by atoms with E-state index in [-0.39, 0.29) is 0 Å². The zero-order chi connectivity index (χ0) is 8.69. The summed E-state index contributed by atoms with van der Waals surface area (Å²) in [5.74, 6) is 0.733. The van der Waals surface area contributed by atoms with Crippen molar-refractivity contribution >= 4 is 10.8 Å². The van der Waals surface area contributed by atoms with Gasteiger partial charge in [-0.05, 0) is 19.9 Å². The lowest BCUT2D eigenvalue weighted by Gasteiger charge is -2.10. The molecule has 0 aliphatic rings. The van der Waals surface area contributed by atoms with Crippen LogP contribution in [-0.2, 0) is 10.8 Å². The van der Waals surface area contributed by atoms with E-state index in [1.165, 1.54) is 0 Å². The highest BCUT2D eigenvalue weighted by molar-refractivity contribution is 7.84. The van der Waals surface area contributed by atoms with E-state index in [0.29, 0.717) is 6.04 Å². The number of rotatable bonds is 6. The standard InChI is InChI=1S/C8H17NOS/c1-4-5-6-9-8(2)7-11(3)10/h4,8-9H,1,5-7H2,2-3H3. The first-order valence-corrected chi connectivity index (χ1v) is 5.54. The largest absolute Gasteiger partial charge is 0.313 e. The van der Waals surface area contributed by atoms with Crippen molar-refractivity contribution in [2.75, 3.05) is 18.6 Å². The summed E-state index contributed by atoms with van der Waals surface area (Å²) < 4.78 is 10.7. The van der Waals surface area contributed by atoms with Crippen molar-refractivity contribution in [3.05, 3.63) is 12.7 Å².